The molecule has 0 spiro atoms. The number of esters is 1. The SMILES string of the molecule is C=C1CCCC2(C)C=C3OC(=O)C(C)C3CC12. The van der Waals surface area contributed by atoms with Crippen LogP contribution in [0.5, 0.6) is 0 Å². The second kappa shape index (κ2) is 3.47. The number of rotatable bonds is 0. The van der Waals surface area contributed by atoms with Crippen LogP contribution in [-0.2, 0) is 9.53 Å². The minimum absolute atomic E-state index is 0.0283. The Morgan fingerprint density at radius 3 is 3.06 bits per heavy atom. The summed E-state index contributed by atoms with van der Waals surface area (Å²) in [4.78, 5) is 11.6. The molecule has 1 aliphatic heterocycles. The van der Waals surface area contributed by atoms with E-state index in [-0.39, 0.29) is 17.3 Å². The van der Waals surface area contributed by atoms with Gasteiger partial charge in [-0.25, -0.2) is 0 Å². The summed E-state index contributed by atoms with van der Waals surface area (Å²) in [6.45, 7) is 8.53. The van der Waals surface area contributed by atoms with Crippen molar-refractivity contribution in [3.8, 4) is 0 Å². The van der Waals surface area contributed by atoms with Crippen LogP contribution in [0.4, 0.5) is 0 Å². The molecule has 0 amide bonds. The molecule has 3 aliphatic rings. The normalized spacial score (nSPS) is 44.8. The summed E-state index contributed by atoms with van der Waals surface area (Å²) in [6.07, 6.45) is 6.84. The third kappa shape index (κ3) is 1.50. The molecule has 4 unspecified atom stereocenters. The van der Waals surface area contributed by atoms with Crippen LogP contribution in [0.1, 0.15) is 39.5 Å². The van der Waals surface area contributed by atoms with Crippen LogP contribution < -0.4 is 0 Å². The van der Waals surface area contributed by atoms with Crippen LogP contribution in [0.15, 0.2) is 24.0 Å². The summed E-state index contributed by atoms with van der Waals surface area (Å²) in [5.74, 6) is 1.77. The Kier molecular flexibility index (Phi) is 2.26. The Bertz CT molecular complexity index is 421. The lowest BCUT2D eigenvalue weighted by atomic mass is 9.59. The molecule has 2 aliphatic carbocycles. The zero-order valence-corrected chi connectivity index (χ0v) is 10.7. The lowest BCUT2D eigenvalue weighted by Crippen LogP contribution is -2.36. The summed E-state index contributed by atoms with van der Waals surface area (Å²) in [6, 6.07) is 0. The van der Waals surface area contributed by atoms with Crippen molar-refractivity contribution in [2.45, 2.75) is 39.5 Å². The van der Waals surface area contributed by atoms with Gasteiger partial charge in [0.15, 0.2) is 0 Å². The predicted molar refractivity (Wildman–Crippen MR) is 66.0 cm³/mol. The third-order valence-corrected chi connectivity index (χ3v) is 5.02. The second-order valence-corrected chi connectivity index (χ2v) is 6.17. The molecule has 2 fully saturated rings. The first-order valence-electron chi connectivity index (χ1n) is 6.63. The van der Waals surface area contributed by atoms with Crippen molar-refractivity contribution < 1.29 is 9.53 Å². The molecule has 0 aromatic heterocycles. The van der Waals surface area contributed by atoms with Crippen LogP contribution in [0.3, 0.4) is 0 Å². The molecule has 2 nitrogen and oxygen atoms in total. The Morgan fingerprint density at radius 1 is 1.53 bits per heavy atom. The number of hydrogen-bond acceptors (Lipinski definition) is 2. The van der Waals surface area contributed by atoms with Gasteiger partial charge in [-0.15, -0.1) is 0 Å². The zero-order chi connectivity index (χ0) is 12.2. The van der Waals surface area contributed by atoms with Crippen molar-refractivity contribution in [1.29, 1.82) is 0 Å². The molecule has 0 radical (unpaired) electrons. The number of hydrogen-bond donors (Lipinski definition) is 0. The van der Waals surface area contributed by atoms with Gasteiger partial charge in [0.05, 0.1) is 5.92 Å². The van der Waals surface area contributed by atoms with E-state index in [0.29, 0.717) is 11.8 Å². The highest BCUT2D eigenvalue weighted by Crippen LogP contribution is 2.55. The van der Waals surface area contributed by atoms with Gasteiger partial charge in [-0.3, -0.25) is 4.79 Å². The maximum atomic E-state index is 11.6. The molecule has 4 atom stereocenters. The van der Waals surface area contributed by atoms with Gasteiger partial charge in [0.2, 0.25) is 0 Å². The molecule has 92 valence electrons. The van der Waals surface area contributed by atoms with Gasteiger partial charge >= 0.3 is 5.97 Å². The average Bonchev–Trinajstić information content (AvgIpc) is 2.52. The number of allylic oxidation sites excluding steroid dienone is 3. The Hall–Kier alpha value is -1.05. The largest absolute Gasteiger partial charge is 0.431 e. The van der Waals surface area contributed by atoms with E-state index in [1.54, 1.807) is 0 Å². The summed E-state index contributed by atoms with van der Waals surface area (Å²) >= 11 is 0. The minimum atomic E-state index is -0.0471. The molecule has 0 aromatic carbocycles. The van der Waals surface area contributed by atoms with Crippen molar-refractivity contribution in [2.24, 2.45) is 23.2 Å². The molecule has 0 aromatic rings. The predicted octanol–water partition coefficient (Wildman–Crippen LogP) is 3.45. The minimum Gasteiger partial charge on any atom is -0.431 e. The van der Waals surface area contributed by atoms with Crippen molar-refractivity contribution >= 4 is 5.97 Å². The summed E-state index contributed by atoms with van der Waals surface area (Å²) in [5, 5.41) is 0. The Balaban J connectivity index is 2.00. The molecular weight excluding hydrogens is 212 g/mol. The number of carbonyl (C=O) groups is 1. The fourth-order valence-electron chi connectivity index (χ4n) is 3.85. The fourth-order valence-corrected chi connectivity index (χ4v) is 3.85. The van der Waals surface area contributed by atoms with Gasteiger partial charge in [0.1, 0.15) is 5.76 Å². The lowest BCUT2D eigenvalue weighted by Gasteiger charge is -2.45. The van der Waals surface area contributed by atoms with Gasteiger partial charge in [0.25, 0.3) is 0 Å². The van der Waals surface area contributed by atoms with Crippen molar-refractivity contribution in [3.05, 3.63) is 24.0 Å². The van der Waals surface area contributed by atoms with Crippen LogP contribution >= 0.6 is 0 Å². The molecule has 1 saturated heterocycles. The second-order valence-electron chi connectivity index (χ2n) is 6.17. The van der Waals surface area contributed by atoms with E-state index in [0.717, 1.165) is 18.6 Å². The lowest BCUT2D eigenvalue weighted by molar-refractivity contribution is -0.138. The maximum Gasteiger partial charge on any atom is 0.314 e. The van der Waals surface area contributed by atoms with Crippen molar-refractivity contribution in [1.82, 2.24) is 0 Å². The highest BCUT2D eigenvalue weighted by molar-refractivity contribution is 5.77. The highest BCUT2D eigenvalue weighted by Gasteiger charge is 2.49. The summed E-state index contributed by atoms with van der Waals surface area (Å²) in [5.41, 5.74) is 1.55. The monoisotopic (exact) mass is 232 g/mol. The van der Waals surface area contributed by atoms with Crippen molar-refractivity contribution in [3.63, 3.8) is 0 Å². The van der Waals surface area contributed by atoms with Crippen LogP contribution in [0.25, 0.3) is 0 Å². The maximum absolute atomic E-state index is 11.6. The van der Waals surface area contributed by atoms with Gasteiger partial charge in [-0.2, -0.15) is 0 Å². The molecule has 17 heavy (non-hydrogen) atoms. The average molecular weight is 232 g/mol. The third-order valence-electron chi connectivity index (χ3n) is 5.02. The number of carbonyl (C=O) groups excluding carboxylic acids is 1. The van der Waals surface area contributed by atoms with Crippen LogP contribution in [0, 0.1) is 23.2 Å². The Labute approximate surface area is 103 Å². The van der Waals surface area contributed by atoms with Gasteiger partial charge in [0, 0.05) is 5.92 Å². The summed E-state index contributed by atoms with van der Waals surface area (Å²) in [7, 11) is 0. The van der Waals surface area contributed by atoms with E-state index in [1.807, 2.05) is 6.92 Å². The zero-order valence-electron chi connectivity index (χ0n) is 10.7. The van der Waals surface area contributed by atoms with Crippen molar-refractivity contribution in [2.75, 3.05) is 0 Å². The van der Waals surface area contributed by atoms with E-state index in [4.69, 9.17) is 4.74 Å². The van der Waals surface area contributed by atoms with Gasteiger partial charge in [-0.1, -0.05) is 26.0 Å². The highest BCUT2D eigenvalue weighted by atomic mass is 16.5. The van der Waals surface area contributed by atoms with E-state index in [9.17, 15) is 4.79 Å². The molecule has 3 rings (SSSR count). The Morgan fingerprint density at radius 2 is 2.29 bits per heavy atom. The topological polar surface area (TPSA) is 26.3 Å². The van der Waals surface area contributed by atoms with Crippen LogP contribution in [-0.4, -0.2) is 5.97 Å². The smallest absolute Gasteiger partial charge is 0.314 e. The quantitative estimate of drug-likeness (QED) is 0.472. The fraction of sp³-hybridized carbons (Fsp3) is 0.667. The van der Waals surface area contributed by atoms with Gasteiger partial charge in [-0.05, 0) is 43.1 Å². The molecule has 0 N–H and O–H groups in total. The van der Waals surface area contributed by atoms with E-state index in [2.05, 4.69) is 19.6 Å². The standard InChI is InChI=1S/C15H20O2/c1-9-5-4-6-15(3)8-13-11(7-12(9)15)10(2)14(16)17-13/h8,10-12H,1,4-7H2,2-3H3. The molecule has 1 heterocycles. The van der Waals surface area contributed by atoms with Crippen LogP contribution in [0.2, 0.25) is 0 Å². The van der Waals surface area contributed by atoms with E-state index >= 15 is 0 Å². The first kappa shape index (κ1) is 11.1. The first-order valence-corrected chi connectivity index (χ1v) is 6.63. The molecule has 1 saturated carbocycles. The molecule has 0 bridgehead atoms. The van der Waals surface area contributed by atoms with E-state index < -0.39 is 0 Å². The van der Waals surface area contributed by atoms with E-state index in [1.165, 1.54) is 18.4 Å². The first-order chi connectivity index (χ1) is 8.01. The number of ether oxygens (including phenoxy) is 1. The molecule has 2 heteroatoms. The van der Waals surface area contributed by atoms with Gasteiger partial charge < -0.3 is 4.74 Å². The molecular formula is C15H20O2. The number of fused-ring (bicyclic) bond motifs is 2. The summed E-state index contributed by atoms with van der Waals surface area (Å²) < 4.78 is 5.42.